The maximum Gasteiger partial charge on any atom is 0.0411 e. The molecular formula is C14H19Cl. The molecule has 0 saturated heterocycles. The van der Waals surface area contributed by atoms with E-state index < -0.39 is 0 Å². The first-order valence-corrected chi connectivity index (χ1v) is 6.12. The Labute approximate surface area is 97.6 Å². The van der Waals surface area contributed by atoms with Crippen LogP contribution < -0.4 is 0 Å². The minimum Gasteiger partial charge on any atom is -0.122 e. The van der Waals surface area contributed by atoms with E-state index in [9.17, 15) is 0 Å². The van der Waals surface area contributed by atoms with E-state index in [-0.39, 0.29) is 0 Å². The Balaban J connectivity index is 2.04. The van der Waals surface area contributed by atoms with Crippen molar-refractivity contribution in [2.45, 2.75) is 44.9 Å². The summed E-state index contributed by atoms with van der Waals surface area (Å²) < 4.78 is 0. The summed E-state index contributed by atoms with van der Waals surface area (Å²) >= 11 is 6.03. The van der Waals surface area contributed by atoms with Gasteiger partial charge in [0.05, 0.1) is 0 Å². The Hall–Kier alpha value is -0.490. The van der Waals surface area contributed by atoms with Crippen LogP contribution in [0, 0.1) is 5.41 Å². The fourth-order valence-corrected chi connectivity index (χ4v) is 2.34. The lowest BCUT2D eigenvalue weighted by Gasteiger charge is -2.18. The van der Waals surface area contributed by atoms with Crippen LogP contribution in [0.25, 0.3) is 0 Å². The van der Waals surface area contributed by atoms with Crippen LogP contribution in [0.15, 0.2) is 24.3 Å². The van der Waals surface area contributed by atoms with Crippen molar-refractivity contribution in [1.29, 1.82) is 0 Å². The van der Waals surface area contributed by atoms with E-state index in [4.69, 9.17) is 11.6 Å². The molecule has 1 aromatic rings. The molecule has 0 spiro atoms. The van der Waals surface area contributed by atoms with Crippen molar-refractivity contribution in [2.24, 2.45) is 5.41 Å². The van der Waals surface area contributed by atoms with Gasteiger partial charge in [0.1, 0.15) is 0 Å². The second kappa shape index (κ2) is 3.83. The van der Waals surface area contributed by atoms with E-state index in [1.165, 1.54) is 11.1 Å². The largest absolute Gasteiger partial charge is 0.122 e. The molecule has 1 aliphatic carbocycles. The summed E-state index contributed by atoms with van der Waals surface area (Å²) in [6, 6.07) is 8.99. The lowest BCUT2D eigenvalue weighted by Crippen LogP contribution is -2.08. The van der Waals surface area contributed by atoms with E-state index in [1.54, 1.807) is 0 Å². The van der Waals surface area contributed by atoms with Crippen molar-refractivity contribution in [1.82, 2.24) is 0 Å². The molecule has 1 aliphatic rings. The first-order chi connectivity index (χ1) is 6.96. The molecule has 0 aromatic heterocycles. The average Bonchev–Trinajstić information content (AvgIpc) is 2.81. The zero-order valence-corrected chi connectivity index (χ0v) is 10.5. The number of alkyl halides is 1. The van der Waals surface area contributed by atoms with Crippen LogP contribution in [-0.2, 0) is 6.42 Å². The first kappa shape index (κ1) is 11.0. The van der Waals surface area contributed by atoms with Gasteiger partial charge in [-0.25, -0.2) is 0 Å². The van der Waals surface area contributed by atoms with Gasteiger partial charge in [0.2, 0.25) is 0 Å². The third kappa shape index (κ3) is 2.98. The van der Waals surface area contributed by atoms with E-state index in [1.807, 2.05) is 0 Å². The Morgan fingerprint density at radius 1 is 1.20 bits per heavy atom. The molecule has 0 heterocycles. The molecule has 0 bridgehead atoms. The Kier molecular flexibility index (Phi) is 2.81. The molecule has 15 heavy (non-hydrogen) atoms. The van der Waals surface area contributed by atoms with Crippen LogP contribution in [0.2, 0.25) is 0 Å². The molecule has 2 unspecified atom stereocenters. The maximum absolute atomic E-state index is 6.03. The lowest BCUT2D eigenvalue weighted by molar-refractivity contribution is 0.411. The number of benzene rings is 1. The fourth-order valence-electron chi connectivity index (χ4n) is 2.00. The van der Waals surface area contributed by atoms with Gasteiger partial charge in [-0.15, -0.1) is 11.6 Å². The Bertz CT molecular complexity index is 331. The summed E-state index contributed by atoms with van der Waals surface area (Å²) in [7, 11) is 0. The van der Waals surface area contributed by atoms with Crippen LogP contribution in [-0.4, -0.2) is 5.38 Å². The van der Waals surface area contributed by atoms with Crippen molar-refractivity contribution < 1.29 is 0 Å². The van der Waals surface area contributed by atoms with Gasteiger partial charge in [0.25, 0.3) is 0 Å². The third-order valence-electron chi connectivity index (χ3n) is 2.85. The minimum atomic E-state index is 0.371. The van der Waals surface area contributed by atoms with Crippen LogP contribution in [0.5, 0.6) is 0 Å². The second-order valence-corrected chi connectivity index (χ2v) is 6.40. The van der Waals surface area contributed by atoms with Gasteiger partial charge in [-0.05, 0) is 29.4 Å². The van der Waals surface area contributed by atoms with Crippen LogP contribution >= 0.6 is 11.6 Å². The summed E-state index contributed by atoms with van der Waals surface area (Å²) in [5.41, 5.74) is 3.21. The quantitative estimate of drug-likeness (QED) is 0.652. The van der Waals surface area contributed by atoms with Crippen LogP contribution in [0.3, 0.4) is 0 Å². The SMILES string of the molecule is CC(C)(C)Cc1ccc(C2CC2Cl)cc1. The summed E-state index contributed by atoms with van der Waals surface area (Å²) in [5.74, 6) is 0.621. The highest BCUT2D eigenvalue weighted by Crippen LogP contribution is 2.45. The van der Waals surface area contributed by atoms with Gasteiger partial charge in [-0.3, -0.25) is 0 Å². The lowest BCUT2D eigenvalue weighted by atomic mass is 9.88. The highest BCUT2D eigenvalue weighted by atomic mass is 35.5. The molecule has 0 nitrogen and oxygen atoms in total. The normalized spacial score (nSPS) is 25.3. The molecule has 0 radical (unpaired) electrons. The molecule has 0 amide bonds. The molecule has 2 rings (SSSR count). The summed E-state index contributed by atoms with van der Waals surface area (Å²) in [4.78, 5) is 0. The zero-order valence-electron chi connectivity index (χ0n) is 9.76. The van der Waals surface area contributed by atoms with Crippen molar-refractivity contribution in [3.8, 4) is 0 Å². The predicted molar refractivity (Wildman–Crippen MR) is 66.6 cm³/mol. The van der Waals surface area contributed by atoms with Crippen molar-refractivity contribution in [2.75, 3.05) is 0 Å². The topological polar surface area (TPSA) is 0 Å². The number of rotatable bonds is 2. The second-order valence-electron chi connectivity index (χ2n) is 5.84. The smallest absolute Gasteiger partial charge is 0.0411 e. The Morgan fingerprint density at radius 3 is 2.13 bits per heavy atom. The van der Waals surface area contributed by atoms with Gasteiger partial charge in [0, 0.05) is 11.3 Å². The van der Waals surface area contributed by atoms with Gasteiger partial charge < -0.3 is 0 Å². The average molecular weight is 223 g/mol. The summed E-state index contributed by atoms with van der Waals surface area (Å²) in [5, 5.41) is 0.387. The van der Waals surface area contributed by atoms with Crippen molar-refractivity contribution in [3.05, 3.63) is 35.4 Å². The summed E-state index contributed by atoms with van der Waals surface area (Å²) in [6.07, 6.45) is 2.29. The highest BCUT2D eigenvalue weighted by molar-refractivity contribution is 6.23. The van der Waals surface area contributed by atoms with Crippen LogP contribution in [0.1, 0.15) is 44.2 Å². The van der Waals surface area contributed by atoms with Gasteiger partial charge in [0.15, 0.2) is 0 Å². The minimum absolute atomic E-state index is 0.371. The first-order valence-electron chi connectivity index (χ1n) is 5.69. The summed E-state index contributed by atoms with van der Waals surface area (Å²) in [6.45, 7) is 6.82. The highest BCUT2D eigenvalue weighted by Gasteiger charge is 2.36. The number of halogens is 1. The van der Waals surface area contributed by atoms with Gasteiger partial charge in [-0.1, -0.05) is 45.0 Å². The molecule has 0 aliphatic heterocycles. The van der Waals surface area contributed by atoms with Gasteiger partial charge in [-0.2, -0.15) is 0 Å². The number of hydrogen-bond acceptors (Lipinski definition) is 0. The van der Waals surface area contributed by atoms with Crippen molar-refractivity contribution in [3.63, 3.8) is 0 Å². The van der Waals surface area contributed by atoms with E-state index in [0.29, 0.717) is 16.7 Å². The molecule has 0 N–H and O–H groups in total. The zero-order chi connectivity index (χ0) is 11.1. The molecule has 1 saturated carbocycles. The van der Waals surface area contributed by atoms with Gasteiger partial charge >= 0.3 is 0 Å². The van der Waals surface area contributed by atoms with Crippen LogP contribution in [0.4, 0.5) is 0 Å². The molecule has 2 atom stereocenters. The van der Waals surface area contributed by atoms with E-state index >= 15 is 0 Å². The molecular weight excluding hydrogens is 204 g/mol. The predicted octanol–water partition coefficient (Wildman–Crippen LogP) is 4.37. The third-order valence-corrected chi connectivity index (χ3v) is 3.34. The maximum atomic E-state index is 6.03. The molecule has 1 heteroatoms. The Morgan fingerprint density at radius 2 is 1.73 bits per heavy atom. The number of hydrogen-bond donors (Lipinski definition) is 0. The molecule has 1 fully saturated rings. The fraction of sp³-hybridized carbons (Fsp3) is 0.571. The monoisotopic (exact) mass is 222 g/mol. The standard InChI is InChI=1S/C14H19Cl/c1-14(2,3)9-10-4-6-11(7-5-10)12-8-13(12)15/h4-7,12-13H,8-9H2,1-3H3. The van der Waals surface area contributed by atoms with E-state index in [2.05, 4.69) is 45.0 Å². The van der Waals surface area contributed by atoms with Crippen molar-refractivity contribution >= 4 is 11.6 Å². The van der Waals surface area contributed by atoms with E-state index in [0.717, 1.165) is 12.8 Å². The molecule has 82 valence electrons. The molecule has 1 aromatic carbocycles.